The highest BCUT2D eigenvalue weighted by molar-refractivity contribution is 9.10. The maximum absolute atomic E-state index is 13.2. The number of fused-ring (bicyclic) bond motifs is 1. The van der Waals surface area contributed by atoms with Gasteiger partial charge < -0.3 is 14.4 Å². The van der Waals surface area contributed by atoms with Crippen LogP contribution in [0, 0.1) is 10.1 Å². The van der Waals surface area contributed by atoms with Crippen LogP contribution in [0.5, 0.6) is 0 Å². The number of benzene rings is 2. The molecule has 10 heteroatoms. The first kappa shape index (κ1) is 21.2. The van der Waals surface area contributed by atoms with Crippen molar-refractivity contribution in [2.24, 2.45) is 0 Å². The molecule has 0 saturated heterocycles. The zero-order valence-electron chi connectivity index (χ0n) is 16.7. The van der Waals surface area contributed by atoms with Gasteiger partial charge in [-0.05, 0) is 29.8 Å². The Morgan fingerprint density at radius 2 is 1.81 bits per heavy atom. The lowest BCUT2D eigenvalue weighted by molar-refractivity contribution is -0.384. The first-order valence-electron chi connectivity index (χ1n) is 9.39. The van der Waals surface area contributed by atoms with E-state index in [1.807, 2.05) is 24.3 Å². The normalized spacial score (nSPS) is 15.5. The van der Waals surface area contributed by atoms with Gasteiger partial charge in [0.05, 0.1) is 23.2 Å². The van der Waals surface area contributed by atoms with E-state index in [1.165, 1.54) is 26.4 Å². The van der Waals surface area contributed by atoms with Crippen molar-refractivity contribution < 1.29 is 19.2 Å². The van der Waals surface area contributed by atoms with E-state index in [0.717, 1.165) is 15.6 Å². The minimum Gasteiger partial charge on any atom is -0.354 e. The van der Waals surface area contributed by atoms with E-state index >= 15 is 0 Å². The van der Waals surface area contributed by atoms with Crippen molar-refractivity contribution >= 4 is 27.5 Å². The molecule has 1 aliphatic rings. The summed E-state index contributed by atoms with van der Waals surface area (Å²) in [5.41, 5.74) is 3.29. The monoisotopic (exact) mass is 486 g/mol. The Balaban J connectivity index is 1.83. The molecule has 160 valence electrons. The fraction of sp³-hybridized carbons (Fsp3) is 0.238. The number of non-ortho nitro benzene ring substituents is 1. The van der Waals surface area contributed by atoms with Crippen LogP contribution in [0.25, 0.3) is 11.3 Å². The largest absolute Gasteiger partial charge is 0.354 e. The van der Waals surface area contributed by atoms with Gasteiger partial charge in [0.15, 0.2) is 6.29 Å². The summed E-state index contributed by atoms with van der Waals surface area (Å²) in [5.74, 6) is -0.242. The van der Waals surface area contributed by atoms with Crippen LogP contribution in [-0.4, -0.2) is 53.0 Å². The quantitative estimate of drug-likeness (QED) is 0.307. The number of H-pyrrole nitrogens is 1. The number of hydrogen-bond acceptors (Lipinski definition) is 6. The standard InChI is InChI=1S/C21H19BrN4O5/c1-30-16(31-2)11-25-20(13-5-9-15(10-6-13)26(28)29)17-18(23-24-19(17)21(25)27)12-3-7-14(22)8-4-12/h3-10,16,20H,11H2,1-2H3,(H,23,24). The number of nitrogens with zero attached hydrogens (tertiary/aromatic N) is 3. The lowest BCUT2D eigenvalue weighted by Crippen LogP contribution is -2.38. The van der Waals surface area contributed by atoms with Gasteiger partial charge in [0, 0.05) is 42.0 Å². The van der Waals surface area contributed by atoms with Crippen molar-refractivity contribution in [1.82, 2.24) is 15.1 Å². The highest BCUT2D eigenvalue weighted by Gasteiger charge is 2.43. The number of aromatic nitrogens is 2. The van der Waals surface area contributed by atoms with Crippen LogP contribution in [0.3, 0.4) is 0 Å². The van der Waals surface area contributed by atoms with Crippen LogP contribution < -0.4 is 0 Å². The van der Waals surface area contributed by atoms with E-state index in [9.17, 15) is 14.9 Å². The lowest BCUT2D eigenvalue weighted by Gasteiger charge is -2.29. The van der Waals surface area contributed by atoms with Gasteiger partial charge in [-0.2, -0.15) is 5.10 Å². The number of rotatable bonds is 7. The van der Waals surface area contributed by atoms with E-state index in [1.54, 1.807) is 17.0 Å². The third-order valence-corrected chi connectivity index (χ3v) is 5.80. The number of carbonyl (C=O) groups excluding carboxylic acids is 1. The van der Waals surface area contributed by atoms with E-state index in [0.29, 0.717) is 17.0 Å². The van der Waals surface area contributed by atoms with Crippen LogP contribution in [0.4, 0.5) is 5.69 Å². The van der Waals surface area contributed by atoms with E-state index in [2.05, 4.69) is 26.1 Å². The summed E-state index contributed by atoms with van der Waals surface area (Å²) in [4.78, 5) is 25.5. The van der Waals surface area contributed by atoms with Gasteiger partial charge in [0.25, 0.3) is 11.6 Å². The molecule has 1 aliphatic heterocycles. The molecule has 2 heterocycles. The Hall–Kier alpha value is -3.08. The summed E-state index contributed by atoms with van der Waals surface area (Å²) in [6, 6.07) is 13.3. The second-order valence-electron chi connectivity index (χ2n) is 6.98. The summed E-state index contributed by atoms with van der Waals surface area (Å²) >= 11 is 3.43. The smallest absolute Gasteiger partial charge is 0.273 e. The van der Waals surface area contributed by atoms with Gasteiger partial charge in [0.1, 0.15) is 5.69 Å². The maximum atomic E-state index is 13.2. The van der Waals surface area contributed by atoms with Crippen molar-refractivity contribution in [3.63, 3.8) is 0 Å². The number of nitrogens with one attached hydrogen (secondary N) is 1. The van der Waals surface area contributed by atoms with Gasteiger partial charge in [0.2, 0.25) is 0 Å². The first-order valence-corrected chi connectivity index (χ1v) is 10.2. The Kier molecular flexibility index (Phi) is 5.86. The topological polar surface area (TPSA) is 111 Å². The molecule has 1 aromatic heterocycles. The van der Waals surface area contributed by atoms with Gasteiger partial charge in [-0.15, -0.1) is 0 Å². The summed E-state index contributed by atoms with van der Waals surface area (Å²) in [6.45, 7) is 0.176. The molecule has 0 aliphatic carbocycles. The van der Waals surface area contributed by atoms with E-state index in [4.69, 9.17) is 9.47 Å². The molecule has 0 bridgehead atoms. The lowest BCUT2D eigenvalue weighted by atomic mass is 9.96. The first-order chi connectivity index (χ1) is 14.9. The number of halogens is 1. The number of nitro benzene ring substituents is 1. The molecule has 1 unspecified atom stereocenters. The molecule has 1 atom stereocenters. The Bertz CT molecular complexity index is 1110. The molecule has 2 aromatic carbocycles. The van der Waals surface area contributed by atoms with Gasteiger partial charge >= 0.3 is 0 Å². The Morgan fingerprint density at radius 1 is 1.16 bits per heavy atom. The van der Waals surface area contributed by atoms with Crippen LogP contribution in [-0.2, 0) is 9.47 Å². The molecule has 4 rings (SSSR count). The minimum atomic E-state index is -0.627. The van der Waals surface area contributed by atoms with Crippen LogP contribution in [0.2, 0.25) is 0 Å². The minimum absolute atomic E-state index is 0.0215. The van der Waals surface area contributed by atoms with Crippen molar-refractivity contribution in [3.8, 4) is 11.3 Å². The van der Waals surface area contributed by atoms with E-state index < -0.39 is 17.3 Å². The maximum Gasteiger partial charge on any atom is 0.273 e. The van der Waals surface area contributed by atoms with Crippen molar-refractivity contribution in [2.45, 2.75) is 12.3 Å². The molecule has 0 radical (unpaired) electrons. The van der Waals surface area contributed by atoms with Crippen LogP contribution >= 0.6 is 15.9 Å². The molecule has 1 N–H and O–H groups in total. The molecule has 1 amide bonds. The fourth-order valence-corrected chi connectivity index (χ4v) is 4.01. The molecule has 9 nitrogen and oxygen atoms in total. The molecule has 0 fully saturated rings. The van der Waals surface area contributed by atoms with Crippen molar-refractivity contribution in [1.29, 1.82) is 0 Å². The van der Waals surface area contributed by atoms with Crippen LogP contribution in [0.1, 0.15) is 27.7 Å². The van der Waals surface area contributed by atoms with E-state index in [-0.39, 0.29) is 18.1 Å². The molecule has 31 heavy (non-hydrogen) atoms. The predicted octanol–water partition coefficient (Wildman–Crippen LogP) is 3.91. The van der Waals surface area contributed by atoms with Crippen molar-refractivity contribution in [3.05, 3.63) is 79.9 Å². The number of ether oxygens (including phenoxy) is 2. The number of amides is 1. The predicted molar refractivity (Wildman–Crippen MR) is 116 cm³/mol. The summed E-state index contributed by atoms with van der Waals surface area (Å²) < 4.78 is 11.5. The highest BCUT2D eigenvalue weighted by Crippen LogP contribution is 2.43. The summed E-state index contributed by atoms with van der Waals surface area (Å²) in [6.07, 6.45) is -0.627. The molecular formula is C21H19BrN4O5. The zero-order chi connectivity index (χ0) is 22.1. The van der Waals surface area contributed by atoms with Crippen LogP contribution in [0.15, 0.2) is 53.0 Å². The average Bonchev–Trinajstić information content (AvgIpc) is 3.31. The molecular weight excluding hydrogens is 468 g/mol. The second-order valence-corrected chi connectivity index (χ2v) is 7.89. The number of aromatic amines is 1. The third-order valence-electron chi connectivity index (χ3n) is 5.27. The number of nitro groups is 1. The van der Waals surface area contributed by atoms with Gasteiger partial charge in [-0.3, -0.25) is 20.0 Å². The van der Waals surface area contributed by atoms with Crippen molar-refractivity contribution in [2.75, 3.05) is 20.8 Å². The average molecular weight is 487 g/mol. The zero-order valence-corrected chi connectivity index (χ0v) is 18.3. The number of hydrogen-bond donors (Lipinski definition) is 1. The summed E-state index contributed by atoms with van der Waals surface area (Å²) in [7, 11) is 3.01. The third kappa shape index (κ3) is 3.85. The summed E-state index contributed by atoms with van der Waals surface area (Å²) in [5, 5.41) is 18.4. The molecule has 3 aromatic rings. The fourth-order valence-electron chi connectivity index (χ4n) is 3.74. The SMILES string of the molecule is COC(CN1C(=O)c2[nH]nc(-c3ccc(Br)cc3)c2C1c1ccc([N+](=O)[O-])cc1)OC. The number of carbonyl (C=O) groups is 1. The molecule has 0 saturated carbocycles. The highest BCUT2D eigenvalue weighted by atomic mass is 79.9. The second kappa shape index (κ2) is 8.58. The number of methoxy groups -OCH3 is 2. The Labute approximate surface area is 186 Å². The molecule has 0 spiro atoms. The Morgan fingerprint density at radius 3 is 2.39 bits per heavy atom. The van der Waals surface area contributed by atoms with Gasteiger partial charge in [-0.25, -0.2) is 0 Å². The van der Waals surface area contributed by atoms with Gasteiger partial charge in [-0.1, -0.05) is 28.1 Å².